The Balaban J connectivity index is 1.54. The van der Waals surface area contributed by atoms with Gasteiger partial charge in [-0.15, -0.1) is 0 Å². The van der Waals surface area contributed by atoms with Crippen LogP contribution in [-0.2, 0) is 11.4 Å². The zero-order valence-electron chi connectivity index (χ0n) is 17.5. The van der Waals surface area contributed by atoms with Crippen LogP contribution in [0.3, 0.4) is 0 Å². The summed E-state index contributed by atoms with van der Waals surface area (Å²) in [5.74, 6) is -0.669. The van der Waals surface area contributed by atoms with Crippen molar-refractivity contribution >= 4 is 52.2 Å². The third-order valence-corrected chi connectivity index (χ3v) is 6.00. The molecule has 166 valence electrons. The van der Waals surface area contributed by atoms with Gasteiger partial charge >= 0.3 is 5.97 Å². The van der Waals surface area contributed by atoms with Gasteiger partial charge in [-0.2, -0.15) is 0 Å². The lowest BCUT2D eigenvalue weighted by Crippen LogP contribution is -2.19. The molecule has 1 heterocycles. The van der Waals surface area contributed by atoms with Crippen molar-refractivity contribution in [1.82, 2.24) is 5.32 Å². The number of carboxylic acid groups (broad SMARTS) is 1. The number of carbonyl (C=O) groups is 2. The van der Waals surface area contributed by atoms with E-state index in [2.05, 4.69) is 10.3 Å². The number of halogens is 1. The second-order valence-electron chi connectivity index (χ2n) is 7.24. The normalized spacial score (nSPS) is 15.6. The maximum atomic E-state index is 12.5. The number of carboxylic acids is 1. The molecule has 1 fully saturated rings. The van der Waals surface area contributed by atoms with Crippen molar-refractivity contribution in [3.63, 3.8) is 0 Å². The minimum absolute atomic E-state index is 0.136. The van der Waals surface area contributed by atoms with E-state index < -0.39 is 5.97 Å². The zero-order chi connectivity index (χ0) is 23.4. The molecule has 1 amide bonds. The number of para-hydroxylation sites is 1. The van der Waals surface area contributed by atoms with Gasteiger partial charge in [0.1, 0.15) is 12.4 Å². The number of hydrogen-bond acceptors (Lipinski definition) is 5. The van der Waals surface area contributed by atoms with Gasteiger partial charge in [-0.1, -0.05) is 48.0 Å². The third kappa shape index (κ3) is 5.63. The Morgan fingerprint density at radius 2 is 1.91 bits per heavy atom. The fourth-order valence-corrected chi connectivity index (χ4v) is 4.02. The van der Waals surface area contributed by atoms with Gasteiger partial charge in [0.05, 0.1) is 16.2 Å². The van der Waals surface area contributed by atoms with Crippen LogP contribution < -0.4 is 10.1 Å². The number of rotatable bonds is 6. The van der Waals surface area contributed by atoms with E-state index in [0.717, 1.165) is 16.7 Å². The van der Waals surface area contributed by atoms with Crippen LogP contribution in [0.15, 0.2) is 76.6 Å². The molecule has 3 aromatic rings. The van der Waals surface area contributed by atoms with Crippen LogP contribution >= 0.6 is 23.4 Å². The molecule has 1 saturated heterocycles. The Bertz CT molecular complexity index is 1290. The molecule has 0 unspecified atom stereocenters. The van der Waals surface area contributed by atoms with Crippen molar-refractivity contribution in [2.45, 2.75) is 13.5 Å². The number of nitrogens with one attached hydrogen (secondary N) is 1. The van der Waals surface area contributed by atoms with Gasteiger partial charge in [0.15, 0.2) is 5.17 Å². The summed E-state index contributed by atoms with van der Waals surface area (Å²) in [4.78, 5) is 28.7. The number of ether oxygens (including phenoxy) is 1. The lowest BCUT2D eigenvalue weighted by molar-refractivity contribution is -0.115. The van der Waals surface area contributed by atoms with Crippen LogP contribution in [0, 0.1) is 6.92 Å². The first-order valence-corrected chi connectivity index (χ1v) is 11.2. The molecular weight excluding hydrogens is 460 g/mol. The summed E-state index contributed by atoms with van der Waals surface area (Å²) in [5.41, 5.74) is 3.17. The maximum Gasteiger partial charge on any atom is 0.335 e. The predicted molar refractivity (Wildman–Crippen MR) is 131 cm³/mol. The SMILES string of the molecule is Cc1ccc(C(=O)O)cc1N=C1NC(=O)C(=Cc2ccccc2OCc2ccc(Cl)cc2)S1. The van der Waals surface area contributed by atoms with E-state index in [0.29, 0.717) is 33.1 Å². The smallest absolute Gasteiger partial charge is 0.335 e. The molecule has 0 bridgehead atoms. The predicted octanol–water partition coefficient (Wildman–Crippen LogP) is 5.82. The number of hydrogen-bond donors (Lipinski definition) is 2. The Morgan fingerprint density at radius 3 is 2.67 bits per heavy atom. The molecule has 0 aromatic heterocycles. The van der Waals surface area contributed by atoms with Crippen LogP contribution in [0.1, 0.15) is 27.0 Å². The Kier molecular flexibility index (Phi) is 6.82. The topological polar surface area (TPSA) is 88.0 Å². The molecule has 6 nitrogen and oxygen atoms in total. The summed E-state index contributed by atoms with van der Waals surface area (Å²) < 4.78 is 5.97. The maximum absolute atomic E-state index is 12.5. The Labute approximate surface area is 200 Å². The van der Waals surface area contributed by atoms with E-state index in [-0.39, 0.29) is 11.5 Å². The second-order valence-corrected chi connectivity index (χ2v) is 8.71. The summed E-state index contributed by atoms with van der Waals surface area (Å²) in [6, 6.07) is 19.6. The molecule has 3 aromatic carbocycles. The minimum atomic E-state index is -1.03. The van der Waals surface area contributed by atoms with Gasteiger partial charge in [0.2, 0.25) is 0 Å². The fourth-order valence-electron chi connectivity index (χ4n) is 3.07. The molecule has 0 aliphatic carbocycles. The van der Waals surface area contributed by atoms with Crippen molar-refractivity contribution in [3.05, 3.63) is 98.9 Å². The fraction of sp³-hybridized carbons (Fsp3) is 0.0800. The number of benzene rings is 3. The highest BCUT2D eigenvalue weighted by Gasteiger charge is 2.24. The van der Waals surface area contributed by atoms with Gasteiger partial charge in [-0.25, -0.2) is 9.79 Å². The highest BCUT2D eigenvalue weighted by molar-refractivity contribution is 8.18. The standard InChI is InChI=1S/C25H19ClN2O4S/c1-15-6-9-18(24(30)31)12-20(15)27-25-28-23(29)22(33-25)13-17-4-2-3-5-21(17)32-14-16-7-10-19(26)11-8-16/h2-13H,14H2,1H3,(H,30,31)(H,27,28,29). The van der Waals surface area contributed by atoms with E-state index in [4.69, 9.17) is 16.3 Å². The van der Waals surface area contributed by atoms with Gasteiger partial charge in [-0.05, 0) is 66.2 Å². The number of thioether (sulfide) groups is 1. The largest absolute Gasteiger partial charge is 0.488 e. The first-order chi connectivity index (χ1) is 15.9. The highest BCUT2D eigenvalue weighted by atomic mass is 35.5. The summed E-state index contributed by atoms with van der Waals surface area (Å²) in [6.07, 6.45) is 1.75. The van der Waals surface area contributed by atoms with Crippen molar-refractivity contribution in [2.24, 2.45) is 4.99 Å². The minimum Gasteiger partial charge on any atom is -0.488 e. The molecule has 8 heteroatoms. The second kappa shape index (κ2) is 9.94. The number of carbonyl (C=O) groups excluding carboxylic acids is 1. The zero-order valence-corrected chi connectivity index (χ0v) is 19.1. The Morgan fingerprint density at radius 1 is 1.15 bits per heavy atom. The third-order valence-electron chi connectivity index (χ3n) is 4.84. The van der Waals surface area contributed by atoms with E-state index in [1.165, 1.54) is 23.9 Å². The monoisotopic (exact) mass is 478 g/mol. The molecule has 0 atom stereocenters. The number of aromatic carboxylic acids is 1. The van der Waals surface area contributed by atoms with Gasteiger partial charge in [0, 0.05) is 10.6 Å². The Hall–Kier alpha value is -3.55. The molecule has 0 radical (unpaired) electrons. The highest BCUT2D eigenvalue weighted by Crippen LogP contribution is 2.32. The molecule has 1 aliphatic rings. The summed E-state index contributed by atoms with van der Waals surface area (Å²) in [6.45, 7) is 2.19. The van der Waals surface area contributed by atoms with Crippen LogP contribution in [0.25, 0.3) is 6.08 Å². The number of aliphatic imine (C=N–C) groups is 1. The first-order valence-electron chi connectivity index (χ1n) is 9.99. The number of aryl methyl sites for hydroxylation is 1. The molecule has 0 saturated carbocycles. The average Bonchev–Trinajstić information content (AvgIpc) is 3.14. The van der Waals surface area contributed by atoms with Gasteiger partial charge < -0.3 is 15.2 Å². The van der Waals surface area contributed by atoms with E-state index >= 15 is 0 Å². The summed E-state index contributed by atoms with van der Waals surface area (Å²) in [5, 5.41) is 13.0. The summed E-state index contributed by atoms with van der Waals surface area (Å²) in [7, 11) is 0. The first kappa shape index (κ1) is 22.6. The van der Waals surface area contributed by atoms with Crippen LogP contribution in [0.4, 0.5) is 5.69 Å². The molecule has 1 aliphatic heterocycles. The van der Waals surface area contributed by atoms with E-state index in [1.54, 1.807) is 12.1 Å². The number of nitrogens with zero attached hydrogens (tertiary/aromatic N) is 1. The molecule has 4 rings (SSSR count). The molecule has 33 heavy (non-hydrogen) atoms. The molecular formula is C25H19ClN2O4S. The van der Waals surface area contributed by atoms with Crippen molar-refractivity contribution < 1.29 is 19.4 Å². The van der Waals surface area contributed by atoms with Crippen molar-refractivity contribution in [2.75, 3.05) is 0 Å². The van der Waals surface area contributed by atoms with Gasteiger partial charge in [-0.3, -0.25) is 4.79 Å². The quantitative estimate of drug-likeness (QED) is 0.436. The van der Waals surface area contributed by atoms with Crippen molar-refractivity contribution in [1.29, 1.82) is 0 Å². The number of amidine groups is 1. The van der Waals surface area contributed by atoms with Crippen molar-refractivity contribution in [3.8, 4) is 5.75 Å². The van der Waals surface area contributed by atoms with Crippen LogP contribution in [0.5, 0.6) is 5.75 Å². The molecule has 2 N–H and O–H groups in total. The van der Waals surface area contributed by atoms with Crippen LogP contribution in [0.2, 0.25) is 5.02 Å². The lowest BCUT2D eigenvalue weighted by atomic mass is 10.1. The average molecular weight is 479 g/mol. The van der Waals surface area contributed by atoms with E-state index in [9.17, 15) is 14.7 Å². The van der Waals surface area contributed by atoms with Gasteiger partial charge in [0.25, 0.3) is 5.91 Å². The molecule has 0 spiro atoms. The lowest BCUT2D eigenvalue weighted by Gasteiger charge is -2.09. The number of amides is 1. The van der Waals surface area contributed by atoms with E-state index in [1.807, 2.05) is 55.5 Å². The van der Waals surface area contributed by atoms with Crippen LogP contribution in [-0.4, -0.2) is 22.2 Å². The summed E-state index contributed by atoms with van der Waals surface area (Å²) >= 11 is 7.12.